The molecule has 2 aliphatic carbocycles. The van der Waals surface area contributed by atoms with Crippen molar-refractivity contribution >= 4 is 70.2 Å². The van der Waals surface area contributed by atoms with Crippen LogP contribution >= 0.6 is 22.7 Å². The summed E-state index contributed by atoms with van der Waals surface area (Å²) in [4.78, 5) is 17.3. The smallest absolute Gasteiger partial charge is 0.164 e. The molecule has 0 aliphatic heterocycles. The van der Waals surface area contributed by atoms with E-state index in [4.69, 9.17) is 15.0 Å². The van der Waals surface area contributed by atoms with Gasteiger partial charge < -0.3 is 0 Å². The van der Waals surface area contributed by atoms with Crippen LogP contribution in [0.1, 0.15) is 41.1 Å². The molecule has 0 saturated carbocycles. The third-order valence-corrected chi connectivity index (χ3v) is 14.7. The Balaban J connectivity index is 0.993. The molecule has 0 bridgehead atoms. The molecule has 3 nitrogen and oxygen atoms in total. The van der Waals surface area contributed by atoms with E-state index in [1.807, 2.05) is 28.7 Å². The standard InChI is InChI=1S/C57H39N3S2/c1-3-15-36(16-4-1)38-19-11-20-39(33-38)43-23-7-8-24-44(43)41-31-32-50-48(35-41)54-47(27-14-30-52(54)62-50)57-59-55(37-17-5-2-6-18-37)58-56(60-57)42-22-12-21-40(34-42)45-26-13-29-51-53(45)46-25-9-10-28-49(46)61-51/h1-9,11,13-20,22-27,29-35H,10,12,21,28H2. The van der Waals surface area contributed by atoms with Crippen molar-refractivity contribution < 1.29 is 0 Å². The van der Waals surface area contributed by atoms with Crippen molar-refractivity contribution in [3.05, 3.63) is 204 Å². The predicted molar refractivity (Wildman–Crippen MR) is 264 cm³/mol. The largest absolute Gasteiger partial charge is 0.208 e. The van der Waals surface area contributed by atoms with Gasteiger partial charge in [-0.1, -0.05) is 152 Å². The molecule has 0 fully saturated rings. The van der Waals surface area contributed by atoms with Gasteiger partial charge in [0.1, 0.15) is 0 Å². The summed E-state index contributed by atoms with van der Waals surface area (Å²) in [6.07, 6.45) is 13.4. The van der Waals surface area contributed by atoms with Crippen LogP contribution < -0.4 is 0 Å². The normalized spacial score (nSPS) is 13.7. The predicted octanol–water partition coefficient (Wildman–Crippen LogP) is 16.0. The van der Waals surface area contributed by atoms with Gasteiger partial charge in [0.25, 0.3) is 0 Å². The number of allylic oxidation sites excluding steroid dienone is 5. The number of nitrogens with zero attached hydrogens (tertiary/aromatic N) is 3. The number of fused-ring (bicyclic) bond motifs is 6. The molecular weight excluding hydrogens is 791 g/mol. The molecule has 5 heteroatoms. The molecule has 62 heavy (non-hydrogen) atoms. The van der Waals surface area contributed by atoms with Gasteiger partial charge in [0, 0.05) is 51.8 Å². The Morgan fingerprint density at radius 2 is 1.06 bits per heavy atom. The molecule has 0 radical (unpaired) electrons. The second kappa shape index (κ2) is 15.4. The number of rotatable bonds is 7. The zero-order chi connectivity index (χ0) is 41.0. The van der Waals surface area contributed by atoms with Crippen LogP contribution in [0, 0.1) is 0 Å². The summed E-state index contributed by atoms with van der Waals surface area (Å²) in [5.41, 5.74) is 14.3. The van der Waals surface area contributed by atoms with Gasteiger partial charge in [0.05, 0.1) is 0 Å². The van der Waals surface area contributed by atoms with E-state index in [0.717, 1.165) is 42.4 Å². The molecule has 294 valence electrons. The molecule has 0 amide bonds. The van der Waals surface area contributed by atoms with Gasteiger partial charge in [-0.15, -0.1) is 22.7 Å². The number of thiophene rings is 2. The van der Waals surface area contributed by atoms with Crippen LogP contribution in [-0.4, -0.2) is 15.0 Å². The fraction of sp³-hybridized carbons (Fsp3) is 0.0702. The van der Waals surface area contributed by atoms with Crippen molar-refractivity contribution in [3.63, 3.8) is 0 Å². The van der Waals surface area contributed by atoms with E-state index in [2.05, 4.69) is 182 Å². The second-order valence-electron chi connectivity index (χ2n) is 16.1. The van der Waals surface area contributed by atoms with Crippen molar-refractivity contribution in [3.8, 4) is 56.2 Å². The summed E-state index contributed by atoms with van der Waals surface area (Å²) >= 11 is 3.77. The van der Waals surface area contributed by atoms with E-state index < -0.39 is 0 Å². The van der Waals surface area contributed by atoms with Gasteiger partial charge in [0.2, 0.25) is 0 Å². The molecule has 7 aromatic carbocycles. The lowest BCUT2D eigenvalue weighted by molar-refractivity contribution is 1.01. The molecule has 0 saturated heterocycles. The quantitative estimate of drug-likeness (QED) is 0.161. The number of aryl methyl sites for hydroxylation is 1. The summed E-state index contributed by atoms with van der Waals surface area (Å²) in [6.45, 7) is 0. The third-order valence-electron chi connectivity index (χ3n) is 12.3. The van der Waals surface area contributed by atoms with Crippen molar-refractivity contribution in [1.82, 2.24) is 15.0 Å². The maximum absolute atomic E-state index is 5.37. The summed E-state index contributed by atoms with van der Waals surface area (Å²) in [7, 11) is 0. The average molecular weight is 830 g/mol. The minimum Gasteiger partial charge on any atom is -0.208 e. The number of benzene rings is 7. The van der Waals surface area contributed by atoms with Gasteiger partial charge in [-0.3, -0.25) is 0 Å². The van der Waals surface area contributed by atoms with Crippen LogP contribution in [0.5, 0.6) is 0 Å². The van der Waals surface area contributed by atoms with Crippen molar-refractivity contribution in [1.29, 1.82) is 0 Å². The molecular formula is C57H39N3S2. The highest BCUT2D eigenvalue weighted by Gasteiger charge is 2.22. The van der Waals surface area contributed by atoms with E-state index in [-0.39, 0.29) is 0 Å². The summed E-state index contributed by atoms with van der Waals surface area (Å²) in [6, 6.07) is 58.9. The number of hydrogen-bond donors (Lipinski definition) is 0. The maximum Gasteiger partial charge on any atom is 0.164 e. The Morgan fingerprint density at radius 3 is 1.89 bits per heavy atom. The van der Waals surface area contributed by atoms with Gasteiger partial charge in [-0.05, 0) is 112 Å². The topological polar surface area (TPSA) is 38.7 Å². The Hall–Kier alpha value is -7.05. The molecule has 2 aliphatic rings. The first-order chi connectivity index (χ1) is 30.7. The Labute approximate surface area is 368 Å². The third kappa shape index (κ3) is 6.53. The summed E-state index contributed by atoms with van der Waals surface area (Å²) in [5, 5.41) is 3.76. The van der Waals surface area contributed by atoms with Crippen molar-refractivity contribution in [2.75, 3.05) is 0 Å². The molecule has 12 rings (SSSR count). The van der Waals surface area contributed by atoms with E-state index >= 15 is 0 Å². The average Bonchev–Trinajstić information content (AvgIpc) is 3.93. The summed E-state index contributed by atoms with van der Waals surface area (Å²) in [5.74, 6) is 2.06. The number of aromatic nitrogens is 3. The lowest BCUT2D eigenvalue weighted by Crippen LogP contribution is -2.04. The van der Waals surface area contributed by atoms with E-state index in [0.29, 0.717) is 17.5 Å². The van der Waals surface area contributed by atoms with Crippen LogP contribution in [0.4, 0.5) is 0 Å². The van der Waals surface area contributed by atoms with Gasteiger partial charge in [-0.2, -0.15) is 0 Å². The Kier molecular flexibility index (Phi) is 9.16. The molecule has 10 aromatic rings. The van der Waals surface area contributed by atoms with Gasteiger partial charge >= 0.3 is 0 Å². The lowest BCUT2D eigenvalue weighted by atomic mass is 9.89. The van der Waals surface area contributed by atoms with Gasteiger partial charge in [-0.25, -0.2) is 15.0 Å². The highest BCUT2D eigenvalue weighted by Crippen LogP contribution is 2.45. The van der Waals surface area contributed by atoms with E-state index in [1.54, 1.807) is 0 Å². The number of hydrogen-bond acceptors (Lipinski definition) is 5. The molecule has 0 atom stereocenters. The first kappa shape index (κ1) is 36.8. The Bertz CT molecular complexity index is 3460. The molecule has 0 spiro atoms. The second-order valence-corrected chi connectivity index (χ2v) is 18.3. The van der Waals surface area contributed by atoms with E-state index in [1.165, 1.54) is 85.2 Å². The molecule has 3 heterocycles. The highest BCUT2D eigenvalue weighted by molar-refractivity contribution is 7.26. The van der Waals surface area contributed by atoms with Crippen LogP contribution in [0.3, 0.4) is 0 Å². The van der Waals surface area contributed by atoms with Crippen LogP contribution in [0.15, 0.2) is 182 Å². The first-order valence-electron chi connectivity index (χ1n) is 21.4. The fourth-order valence-corrected chi connectivity index (χ4v) is 11.7. The highest BCUT2D eigenvalue weighted by atomic mass is 32.1. The summed E-state index contributed by atoms with van der Waals surface area (Å²) < 4.78 is 3.81. The zero-order valence-electron chi connectivity index (χ0n) is 33.9. The van der Waals surface area contributed by atoms with Crippen molar-refractivity contribution in [2.24, 2.45) is 0 Å². The minimum atomic E-state index is 0.676. The van der Waals surface area contributed by atoms with Crippen LogP contribution in [0.25, 0.3) is 104 Å². The molecule has 0 unspecified atom stereocenters. The SMILES string of the molecule is C1=Cc2c(sc3cccc(C4=CC(c5nc(-c6ccccc6)nc(-c6cccc7sc8ccc(-c9ccccc9-c9cccc(-c%10ccccc%10)c9)cc8c67)n5)=CCC4)c23)CC1. The molecule has 3 aromatic heterocycles. The van der Waals surface area contributed by atoms with Crippen LogP contribution in [-0.2, 0) is 6.42 Å². The minimum absolute atomic E-state index is 0.676. The Morgan fingerprint density at radius 1 is 0.419 bits per heavy atom. The van der Waals surface area contributed by atoms with Gasteiger partial charge in [0.15, 0.2) is 17.5 Å². The fourth-order valence-electron chi connectivity index (χ4n) is 9.34. The first-order valence-corrected chi connectivity index (χ1v) is 23.0. The molecule has 0 N–H and O–H groups in total. The lowest BCUT2D eigenvalue weighted by Gasteiger charge is -2.17. The maximum atomic E-state index is 5.37. The monoisotopic (exact) mass is 829 g/mol. The van der Waals surface area contributed by atoms with E-state index in [9.17, 15) is 0 Å². The van der Waals surface area contributed by atoms with Crippen LogP contribution in [0.2, 0.25) is 0 Å². The van der Waals surface area contributed by atoms with Crippen molar-refractivity contribution in [2.45, 2.75) is 25.7 Å². The zero-order valence-corrected chi connectivity index (χ0v) is 35.5.